The maximum absolute atomic E-state index is 15.0. The van der Waals surface area contributed by atoms with Crippen molar-refractivity contribution in [3.63, 3.8) is 0 Å². The summed E-state index contributed by atoms with van der Waals surface area (Å²) in [6.07, 6.45) is -6.79. The van der Waals surface area contributed by atoms with Crippen molar-refractivity contribution in [3.8, 4) is 22.8 Å². The lowest BCUT2D eigenvalue weighted by Gasteiger charge is -2.20. The van der Waals surface area contributed by atoms with Crippen LogP contribution in [-0.4, -0.2) is 50.2 Å². The minimum atomic E-state index is -4.54. The normalized spacial score (nSPS) is 14.7. The number of halogens is 7. The fraction of sp³-hybridized carbons (Fsp3) is 0.207. The molecule has 46 heavy (non-hydrogen) atoms. The first-order valence-electron chi connectivity index (χ1n) is 13.2. The van der Waals surface area contributed by atoms with Gasteiger partial charge in [-0.1, -0.05) is 23.9 Å². The number of nitrogens with zero attached hydrogens (tertiary/aromatic N) is 5. The summed E-state index contributed by atoms with van der Waals surface area (Å²) in [5, 5.41) is 2.20. The van der Waals surface area contributed by atoms with Crippen LogP contribution in [0.15, 0.2) is 72.2 Å². The van der Waals surface area contributed by atoms with Crippen molar-refractivity contribution in [2.45, 2.75) is 25.7 Å². The molecule has 0 unspecified atom stereocenters. The van der Waals surface area contributed by atoms with E-state index in [1.54, 1.807) is 13.0 Å². The summed E-state index contributed by atoms with van der Waals surface area (Å²) in [4.78, 5) is 38.4. The van der Waals surface area contributed by atoms with E-state index in [-0.39, 0.29) is 45.1 Å². The molecule has 1 fully saturated rings. The van der Waals surface area contributed by atoms with Gasteiger partial charge in [0, 0.05) is 18.0 Å². The van der Waals surface area contributed by atoms with E-state index in [4.69, 9.17) is 4.74 Å². The van der Waals surface area contributed by atoms with Gasteiger partial charge in [-0.15, -0.1) is 0 Å². The Bertz CT molecular complexity index is 1810. The molecule has 1 aliphatic rings. The minimum Gasteiger partial charge on any atom is -0.491 e. The highest BCUT2D eigenvalue weighted by atomic mass is 32.2. The van der Waals surface area contributed by atoms with E-state index in [2.05, 4.69) is 20.3 Å². The molecular weight excluding hydrogens is 645 g/mol. The van der Waals surface area contributed by atoms with Gasteiger partial charge in [0.25, 0.3) is 0 Å². The van der Waals surface area contributed by atoms with Gasteiger partial charge in [-0.05, 0) is 48.9 Å². The first kappa shape index (κ1) is 32.5. The maximum Gasteiger partial charge on any atom is 0.417 e. The number of hydrogen-bond acceptors (Lipinski definition) is 6. The average Bonchev–Trinajstić information content (AvgIpc) is 3.61. The van der Waals surface area contributed by atoms with Crippen LogP contribution in [0.25, 0.3) is 17.1 Å². The van der Waals surface area contributed by atoms with E-state index >= 15 is 4.39 Å². The molecule has 240 valence electrons. The van der Waals surface area contributed by atoms with Crippen molar-refractivity contribution >= 4 is 40.2 Å². The Morgan fingerprint density at radius 1 is 1.07 bits per heavy atom. The number of aryl methyl sites for hydroxylation is 1. The Labute approximate surface area is 260 Å². The summed E-state index contributed by atoms with van der Waals surface area (Å²) < 4.78 is 98.1. The second-order valence-corrected chi connectivity index (χ2v) is 10.7. The molecule has 0 bridgehead atoms. The maximum atomic E-state index is 15.0. The third-order valence-electron chi connectivity index (χ3n) is 6.39. The van der Waals surface area contributed by atoms with Gasteiger partial charge in [0.1, 0.15) is 23.7 Å². The number of thioether (sulfide) groups is 1. The Kier molecular flexibility index (Phi) is 9.05. The quantitative estimate of drug-likeness (QED) is 0.206. The fourth-order valence-corrected chi connectivity index (χ4v) is 5.05. The van der Waals surface area contributed by atoms with Crippen LogP contribution in [0.4, 0.5) is 46.9 Å². The van der Waals surface area contributed by atoms with Gasteiger partial charge in [-0.2, -0.15) is 31.3 Å². The molecule has 3 amide bonds. The topological polar surface area (TPSA) is 102 Å². The van der Waals surface area contributed by atoms with Crippen molar-refractivity contribution in [1.29, 1.82) is 0 Å². The zero-order valence-electron chi connectivity index (χ0n) is 23.5. The van der Waals surface area contributed by atoms with Crippen LogP contribution in [0.1, 0.15) is 17.5 Å². The molecule has 0 radical (unpaired) electrons. The summed E-state index contributed by atoms with van der Waals surface area (Å²) in [5.41, 5.74) is 0.143. The smallest absolute Gasteiger partial charge is 0.417 e. The first-order chi connectivity index (χ1) is 21.7. The highest BCUT2D eigenvalue weighted by Crippen LogP contribution is 2.36. The largest absolute Gasteiger partial charge is 0.491 e. The third-order valence-corrected chi connectivity index (χ3v) is 7.31. The molecule has 2 aromatic carbocycles. The van der Waals surface area contributed by atoms with Gasteiger partial charge in [0.05, 0.1) is 41.4 Å². The number of carbonyl (C=O) groups excluding carboxylic acids is 2. The Hall–Kier alpha value is -4.93. The number of aliphatic imine (C=N–C) groups is 1. The van der Waals surface area contributed by atoms with Crippen LogP contribution in [0, 0.1) is 12.7 Å². The number of urea groups is 1. The molecule has 17 heteroatoms. The number of imidazole rings is 1. The van der Waals surface area contributed by atoms with Crippen LogP contribution in [0.3, 0.4) is 0 Å². The molecule has 0 saturated carbocycles. The second kappa shape index (κ2) is 12.8. The van der Waals surface area contributed by atoms with Crippen LogP contribution < -0.4 is 15.0 Å². The first-order valence-corrected chi connectivity index (χ1v) is 14.2. The molecule has 0 spiro atoms. The summed E-state index contributed by atoms with van der Waals surface area (Å²) in [7, 11) is 0. The van der Waals surface area contributed by atoms with E-state index in [0.29, 0.717) is 11.8 Å². The van der Waals surface area contributed by atoms with Gasteiger partial charge in [0.15, 0.2) is 5.17 Å². The van der Waals surface area contributed by atoms with Crippen molar-refractivity contribution in [2.24, 2.45) is 4.99 Å². The van der Waals surface area contributed by atoms with E-state index in [9.17, 15) is 35.9 Å². The Balaban J connectivity index is 1.30. The summed E-state index contributed by atoms with van der Waals surface area (Å²) >= 11 is 0.906. The number of benzene rings is 2. The lowest BCUT2D eigenvalue weighted by Crippen LogP contribution is -2.31. The van der Waals surface area contributed by atoms with E-state index in [1.807, 2.05) is 0 Å². The van der Waals surface area contributed by atoms with Crippen molar-refractivity contribution < 1.29 is 45.1 Å². The average molecular weight is 667 g/mol. The molecule has 1 saturated heterocycles. The number of anilines is 2. The van der Waals surface area contributed by atoms with E-state index in [1.165, 1.54) is 41.4 Å². The summed E-state index contributed by atoms with van der Waals surface area (Å²) in [5.74, 6) is -1.33. The Morgan fingerprint density at radius 3 is 2.52 bits per heavy atom. The van der Waals surface area contributed by atoms with Gasteiger partial charge >= 0.3 is 18.4 Å². The second-order valence-electron chi connectivity index (χ2n) is 9.79. The Morgan fingerprint density at radius 2 is 1.85 bits per heavy atom. The van der Waals surface area contributed by atoms with Gasteiger partial charge < -0.3 is 10.1 Å². The predicted octanol–water partition coefficient (Wildman–Crippen LogP) is 7.40. The number of amides is 3. The molecular formula is C29H21F7N6O3S. The summed E-state index contributed by atoms with van der Waals surface area (Å²) in [6, 6.07) is 9.27. The SMILES string of the molecule is Cc1ccc(OCCC(F)(F)F)c(N2C(=O)CS/C2=N\C(=O)Nc2ccc(-c3cn(-c4ccc(C(F)(F)F)cn4)cn3)cc2F)c1. The van der Waals surface area contributed by atoms with Crippen LogP contribution in [0.5, 0.6) is 5.75 Å². The monoisotopic (exact) mass is 666 g/mol. The number of amidine groups is 1. The number of hydrogen-bond donors (Lipinski definition) is 1. The number of pyridine rings is 1. The zero-order valence-corrected chi connectivity index (χ0v) is 24.3. The number of rotatable bonds is 7. The molecule has 5 rings (SSSR count). The van der Waals surface area contributed by atoms with Crippen LogP contribution >= 0.6 is 11.8 Å². The van der Waals surface area contributed by atoms with Crippen LogP contribution in [-0.2, 0) is 11.0 Å². The highest BCUT2D eigenvalue weighted by molar-refractivity contribution is 8.15. The zero-order chi connectivity index (χ0) is 33.2. The van der Waals surface area contributed by atoms with Gasteiger partial charge in [0.2, 0.25) is 5.91 Å². The fourth-order valence-electron chi connectivity index (χ4n) is 4.19. The van der Waals surface area contributed by atoms with Gasteiger partial charge in [-0.25, -0.2) is 19.2 Å². The lowest BCUT2D eigenvalue weighted by atomic mass is 10.1. The van der Waals surface area contributed by atoms with Gasteiger partial charge in [-0.3, -0.25) is 14.3 Å². The highest BCUT2D eigenvalue weighted by Gasteiger charge is 2.34. The molecule has 0 aliphatic carbocycles. The molecule has 1 aliphatic heterocycles. The summed E-state index contributed by atoms with van der Waals surface area (Å²) in [6.45, 7) is 1.01. The molecule has 4 aromatic rings. The lowest BCUT2D eigenvalue weighted by molar-refractivity contribution is -0.140. The molecule has 3 heterocycles. The molecule has 1 N–H and O–H groups in total. The van der Waals surface area contributed by atoms with E-state index < -0.39 is 48.7 Å². The van der Waals surface area contributed by atoms with E-state index in [0.717, 1.165) is 34.9 Å². The predicted molar refractivity (Wildman–Crippen MR) is 155 cm³/mol. The van der Waals surface area contributed by atoms with Crippen molar-refractivity contribution in [1.82, 2.24) is 14.5 Å². The van der Waals surface area contributed by atoms with Crippen molar-refractivity contribution in [2.75, 3.05) is 22.6 Å². The standard InChI is InChI=1S/C29H21F7N6O3S/c1-16-2-6-23(45-9-8-28(31,32)33)22(10-16)42-25(43)14-46-27(42)40-26(44)39-20-5-3-17(11-19(20)30)21-13-41(15-38-21)24-7-4-18(12-37-24)29(34,35)36/h2-7,10-13,15H,8-9,14H2,1H3,(H,39,44)/b40-27-. The molecule has 2 aromatic heterocycles. The minimum absolute atomic E-state index is 0.0167. The third kappa shape index (κ3) is 7.64. The number of carbonyl (C=O) groups is 2. The number of nitrogens with one attached hydrogen (secondary N) is 1. The molecule has 9 nitrogen and oxygen atoms in total. The number of alkyl halides is 6. The van der Waals surface area contributed by atoms with Crippen LogP contribution in [0.2, 0.25) is 0 Å². The number of aromatic nitrogens is 3. The number of ether oxygens (including phenoxy) is 1. The molecule has 0 atom stereocenters. The van der Waals surface area contributed by atoms with Crippen molar-refractivity contribution in [3.05, 3.63) is 84.2 Å².